The summed E-state index contributed by atoms with van der Waals surface area (Å²) in [7, 11) is 0. The van der Waals surface area contributed by atoms with Gasteiger partial charge in [0.05, 0.1) is 6.04 Å². The SMILES string of the molecule is Cc1ccc(NC(=O)c2ncn(CC(=O)N[C@H](C)c3cccc4ccccc34)n2)cc1C. The van der Waals surface area contributed by atoms with Crippen molar-refractivity contribution in [2.75, 3.05) is 5.32 Å². The molecule has 1 atom stereocenters. The number of carbonyl (C=O) groups is 2. The smallest absolute Gasteiger partial charge is 0.295 e. The highest BCUT2D eigenvalue weighted by Gasteiger charge is 2.16. The molecule has 0 aliphatic carbocycles. The summed E-state index contributed by atoms with van der Waals surface area (Å²) in [5, 5.41) is 12.2. The van der Waals surface area contributed by atoms with Crippen molar-refractivity contribution >= 4 is 28.3 Å². The molecular formula is C25H25N5O2. The number of carbonyl (C=O) groups excluding carboxylic acids is 2. The molecule has 0 saturated heterocycles. The number of hydrogen-bond acceptors (Lipinski definition) is 4. The van der Waals surface area contributed by atoms with Crippen LogP contribution in [0.1, 0.15) is 40.3 Å². The van der Waals surface area contributed by atoms with Crippen molar-refractivity contribution in [2.45, 2.75) is 33.4 Å². The van der Waals surface area contributed by atoms with Crippen molar-refractivity contribution in [3.05, 3.63) is 89.5 Å². The van der Waals surface area contributed by atoms with Gasteiger partial charge < -0.3 is 10.6 Å². The number of amides is 2. The first-order valence-electron chi connectivity index (χ1n) is 10.5. The maximum atomic E-state index is 12.6. The lowest BCUT2D eigenvalue weighted by Gasteiger charge is -2.16. The van der Waals surface area contributed by atoms with Crippen LogP contribution in [-0.2, 0) is 11.3 Å². The zero-order valence-corrected chi connectivity index (χ0v) is 18.3. The van der Waals surface area contributed by atoms with E-state index < -0.39 is 5.91 Å². The molecule has 0 bridgehead atoms. The molecule has 2 N–H and O–H groups in total. The maximum absolute atomic E-state index is 12.6. The van der Waals surface area contributed by atoms with E-state index >= 15 is 0 Å². The topological polar surface area (TPSA) is 88.9 Å². The first kappa shape index (κ1) is 21.2. The zero-order valence-electron chi connectivity index (χ0n) is 18.3. The number of nitrogens with one attached hydrogen (secondary N) is 2. The molecule has 0 aliphatic rings. The van der Waals surface area contributed by atoms with Crippen LogP contribution in [-0.4, -0.2) is 26.6 Å². The summed E-state index contributed by atoms with van der Waals surface area (Å²) in [6, 6.07) is 19.6. The molecule has 2 amide bonds. The molecule has 0 fully saturated rings. The van der Waals surface area contributed by atoms with Gasteiger partial charge in [0.25, 0.3) is 5.91 Å². The number of aryl methyl sites for hydroxylation is 2. The highest BCUT2D eigenvalue weighted by molar-refractivity contribution is 6.01. The van der Waals surface area contributed by atoms with E-state index in [0.717, 1.165) is 27.5 Å². The Kier molecular flexibility index (Phi) is 5.98. The molecule has 0 unspecified atom stereocenters. The normalized spacial score (nSPS) is 11.8. The van der Waals surface area contributed by atoms with Crippen molar-refractivity contribution in [1.29, 1.82) is 0 Å². The van der Waals surface area contributed by atoms with Gasteiger partial charge in [0.1, 0.15) is 12.9 Å². The fourth-order valence-corrected chi connectivity index (χ4v) is 3.62. The Bertz CT molecular complexity index is 1290. The second kappa shape index (κ2) is 9.01. The van der Waals surface area contributed by atoms with Gasteiger partial charge in [-0.15, -0.1) is 5.10 Å². The molecule has 4 aromatic rings. The molecule has 1 heterocycles. The van der Waals surface area contributed by atoms with Crippen LogP contribution >= 0.6 is 0 Å². The second-order valence-corrected chi connectivity index (χ2v) is 7.88. The first-order chi connectivity index (χ1) is 15.4. The van der Waals surface area contributed by atoms with Gasteiger partial charge in [-0.05, 0) is 60.4 Å². The minimum Gasteiger partial charge on any atom is -0.348 e. The van der Waals surface area contributed by atoms with Gasteiger partial charge in [0.2, 0.25) is 11.7 Å². The minimum absolute atomic E-state index is 0.0122. The molecule has 7 heteroatoms. The average Bonchev–Trinajstić information content (AvgIpc) is 3.24. The number of rotatable bonds is 6. The summed E-state index contributed by atoms with van der Waals surface area (Å²) in [4.78, 5) is 29.1. The third-order valence-electron chi connectivity index (χ3n) is 5.48. The van der Waals surface area contributed by atoms with Crippen LogP contribution in [0, 0.1) is 13.8 Å². The van der Waals surface area contributed by atoms with Gasteiger partial charge in [0.15, 0.2) is 0 Å². The molecule has 4 rings (SSSR count). The summed E-state index contributed by atoms with van der Waals surface area (Å²) in [5.74, 6) is -0.619. The molecule has 0 saturated carbocycles. The maximum Gasteiger partial charge on any atom is 0.295 e. The summed E-state index contributed by atoms with van der Waals surface area (Å²) < 4.78 is 1.36. The molecule has 162 valence electrons. The quantitative estimate of drug-likeness (QED) is 0.483. The lowest BCUT2D eigenvalue weighted by molar-refractivity contribution is -0.122. The van der Waals surface area contributed by atoms with Gasteiger partial charge in [0, 0.05) is 5.69 Å². The number of anilines is 1. The predicted molar refractivity (Wildman–Crippen MR) is 124 cm³/mol. The number of nitrogens with zero attached hydrogens (tertiary/aromatic N) is 3. The van der Waals surface area contributed by atoms with E-state index in [1.165, 1.54) is 11.0 Å². The van der Waals surface area contributed by atoms with Gasteiger partial charge in [-0.1, -0.05) is 48.5 Å². The summed E-state index contributed by atoms with van der Waals surface area (Å²) in [6.45, 7) is 5.91. The van der Waals surface area contributed by atoms with E-state index in [1.807, 2.05) is 81.4 Å². The van der Waals surface area contributed by atoms with E-state index in [9.17, 15) is 9.59 Å². The van der Waals surface area contributed by atoms with Gasteiger partial charge >= 0.3 is 0 Å². The lowest BCUT2D eigenvalue weighted by atomic mass is 10.00. The van der Waals surface area contributed by atoms with Gasteiger partial charge in [-0.2, -0.15) is 0 Å². The van der Waals surface area contributed by atoms with Crippen LogP contribution in [0.3, 0.4) is 0 Å². The fraction of sp³-hybridized carbons (Fsp3) is 0.200. The monoisotopic (exact) mass is 427 g/mol. The van der Waals surface area contributed by atoms with Crippen molar-refractivity contribution < 1.29 is 9.59 Å². The van der Waals surface area contributed by atoms with Crippen molar-refractivity contribution in [3.8, 4) is 0 Å². The Hall–Kier alpha value is -4.00. The number of aromatic nitrogens is 3. The molecule has 0 radical (unpaired) electrons. The fourth-order valence-electron chi connectivity index (χ4n) is 3.62. The third kappa shape index (κ3) is 4.67. The van der Waals surface area contributed by atoms with Gasteiger partial charge in [-0.3, -0.25) is 9.59 Å². The molecule has 32 heavy (non-hydrogen) atoms. The molecule has 0 aliphatic heterocycles. The lowest BCUT2D eigenvalue weighted by Crippen LogP contribution is -2.30. The van der Waals surface area contributed by atoms with E-state index in [4.69, 9.17) is 0 Å². The molecule has 3 aromatic carbocycles. The van der Waals surface area contributed by atoms with E-state index in [0.29, 0.717) is 5.69 Å². The van der Waals surface area contributed by atoms with Crippen LogP contribution in [0.2, 0.25) is 0 Å². The average molecular weight is 428 g/mol. The highest BCUT2D eigenvalue weighted by Crippen LogP contribution is 2.24. The summed E-state index contributed by atoms with van der Waals surface area (Å²) in [6.07, 6.45) is 1.39. The predicted octanol–water partition coefficient (Wildman–Crippen LogP) is 4.18. The summed E-state index contributed by atoms with van der Waals surface area (Å²) in [5.41, 5.74) is 3.95. The first-order valence-corrected chi connectivity index (χ1v) is 10.5. The van der Waals surface area contributed by atoms with Crippen LogP contribution < -0.4 is 10.6 Å². The number of hydrogen-bond donors (Lipinski definition) is 2. The van der Waals surface area contributed by atoms with Crippen molar-refractivity contribution in [3.63, 3.8) is 0 Å². The molecule has 7 nitrogen and oxygen atoms in total. The Balaban J connectivity index is 1.39. The van der Waals surface area contributed by atoms with Crippen molar-refractivity contribution in [2.24, 2.45) is 0 Å². The van der Waals surface area contributed by atoms with E-state index in [1.54, 1.807) is 0 Å². The molecule has 0 spiro atoms. The number of benzene rings is 3. The zero-order chi connectivity index (χ0) is 22.7. The van der Waals surface area contributed by atoms with E-state index in [2.05, 4.69) is 20.7 Å². The van der Waals surface area contributed by atoms with Gasteiger partial charge in [-0.25, -0.2) is 9.67 Å². The largest absolute Gasteiger partial charge is 0.348 e. The molecule has 1 aromatic heterocycles. The standard InChI is InChI=1S/C25H25N5O2/c1-16-11-12-20(13-17(16)2)28-25(32)24-26-15-30(29-24)14-23(31)27-18(3)21-10-6-8-19-7-4-5-9-22(19)21/h4-13,15,18H,14H2,1-3H3,(H,27,31)(H,28,32)/t18-/m1/s1. The Labute approximate surface area is 186 Å². The Morgan fingerprint density at radius 2 is 1.78 bits per heavy atom. The van der Waals surface area contributed by atoms with Crippen LogP contribution in [0.5, 0.6) is 0 Å². The minimum atomic E-state index is -0.420. The number of fused-ring (bicyclic) bond motifs is 1. The van der Waals surface area contributed by atoms with Crippen LogP contribution in [0.4, 0.5) is 5.69 Å². The molecular weight excluding hydrogens is 402 g/mol. The van der Waals surface area contributed by atoms with E-state index in [-0.39, 0.29) is 24.3 Å². The highest BCUT2D eigenvalue weighted by atomic mass is 16.2. The van der Waals surface area contributed by atoms with Crippen LogP contribution in [0.25, 0.3) is 10.8 Å². The summed E-state index contributed by atoms with van der Waals surface area (Å²) >= 11 is 0. The Morgan fingerprint density at radius 1 is 1.00 bits per heavy atom. The van der Waals surface area contributed by atoms with Crippen molar-refractivity contribution in [1.82, 2.24) is 20.1 Å². The second-order valence-electron chi connectivity index (χ2n) is 7.88. The third-order valence-corrected chi connectivity index (χ3v) is 5.48. The Morgan fingerprint density at radius 3 is 2.59 bits per heavy atom. The van der Waals surface area contributed by atoms with Crippen LogP contribution in [0.15, 0.2) is 67.0 Å².